The fourth-order valence-corrected chi connectivity index (χ4v) is 11.4. The number of anilines is 2. The van der Waals surface area contributed by atoms with Crippen molar-refractivity contribution < 1.29 is 0 Å². The molecule has 2 aliphatic rings. The van der Waals surface area contributed by atoms with Crippen LogP contribution >= 0.6 is 0 Å². The normalized spacial score (nSPS) is 13.5. The zero-order valence-electron chi connectivity index (χ0n) is 33.7. The van der Waals surface area contributed by atoms with Crippen LogP contribution in [0, 0.1) is 0 Å². The Labute approximate surface area is 347 Å². The molecule has 3 aromatic heterocycles. The molecule has 0 saturated carbocycles. The Morgan fingerprint density at radius 1 is 0.450 bits per heavy atom. The molecule has 0 aliphatic carbocycles. The van der Waals surface area contributed by atoms with Crippen molar-refractivity contribution >= 4 is 99.8 Å². The first-order valence-corrected chi connectivity index (χ1v) is 21.2. The molecule has 0 unspecified atom stereocenters. The van der Waals surface area contributed by atoms with Gasteiger partial charge in [0.25, 0.3) is 0 Å². The topological polar surface area (TPSA) is 12.6 Å². The number of benzene rings is 9. The molecule has 0 fully saturated rings. The molecule has 0 radical (unpaired) electrons. The lowest BCUT2D eigenvalue weighted by atomic mass is 9.43. The van der Waals surface area contributed by atoms with E-state index in [1.165, 1.54) is 126 Å². The maximum Gasteiger partial charge on any atom is 0.333 e. The maximum atomic E-state index is 2.73. The van der Waals surface area contributed by atoms with Gasteiger partial charge in [-0.15, -0.1) is 0 Å². The standard InChI is InChI=1S/C56H38BN3/c1-56(2,3)35-27-29-48(43(32-35)33-15-5-4-6-16-33)60-49-30-28-42-41-22-13-21-39-37-19-9-11-25-46(37)58(52(39)41)54(42)50(49)44-31-34-17-7-8-18-36(34)55-51(44)57(60)45-24-14-23-40-38-20-10-12-26-47(38)59(55)53(40)45/h4-32H,1-3H3. The monoisotopic (exact) mass is 763 g/mol. The lowest BCUT2D eigenvalue weighted by molar-refractivity contribution is 0.590. The number of nitrogens with zero attached hydrogens (tertiary/aromatic N) is 3. The van der Waals surface area contributed by atoms with E-state index in [-0.39, 0.29) is 12.3 Å². The van der Waals surface area contributed by atoms with Gasteiger partial charge in [-0.25, -0.2) is 0 Å². The second kappa shape index (κ2) is 11.2. The minimum Gasteiger partial charge on any atom is -0.376 e. The SMILES string of the molecule is CC(C)(C)c1ccc(N2B3c4c(cc5ccccc5c4-n4c5ccccc5c5cccc3c54)-c3c2ccc2c4cccc5c6ccccc6n(c32)c54)c(-c2ccccc2)c1. The second-order valence-corrected chi connectivity index (χ2v) is 18.0. The first-order chi connectivity index (χ1) is 29.5. The third-order valence-electron chi connectivity index (χ3n) is 13.9. The third kappa shape index (κ3) is 3.97. The predicted octanol–water partition coefficient (Wildman–Crippen LogP) is 13.3. The Bertz CT molecular complexity index is 3830. The average molecular weight is 764 g/mol. The molecule has 0 amide bonds. The van der Waals surface area contributed by atoms with Crippen LogP contribution in [-0.2, 0) is 5.41 Å². The summed E-state index contributed by atoms with van der Waals surface area (Å²) < 4.78 is 5.21. The van der Waals surface area contributed by atoms with Gasteiger partial charge in [0.05, 0.1) is 33.3 Å². The Kier molecular flexibility index (Phi) is 6.12. The summed E-state index contributed by atoms with van der Waals surface area (Å²) in [7, 11) is 0. The van der Waals surface area contributed by atoms with Gasteiger partial charge in [-0.3, -0.25) is 0 Å². The van der Waals surface area contributed by atoms with E-state index in [1.807, 2.05) is 0 Å². The maximum absolute atomic E-state index is 2.73. The van der Waals surface area contributed by atoms with Crippen molar-refractivity contribution in [2.24, 2.45) is 0 Å². The summed E-state index contributed by atoms with van der Waals surface area (Å²) in [4.78, 5) is 2.73. The fraction of sp³-hybridized carbons (Fsp3) is 0.0714. The van der Waals surface area contributed by atoms with Gasteiger partial charge < -0.3 is 13.8 Å². The quantitative estimate of drug-likeness (QED) is 0.160. The van der Waals surface area contributed by atoms with Crippen LogP contribution in [0.2, 0.25) is 0 Å². The molecule has 5 heterocycles. The van der Waals surface area contributed by atoms with Crippen molar-refractivity contribution in [3.63, 3.8) is 0 Å². The van der Waals surface area contributed by atoms with Crippen molar-refractivity contribution in [2.75, 3.05) is 4.81 Å². The second-order valence-electron chi connectivity index (χ2n) is 18.0. The molecule has 9 aromatic carbocycles. The predicted molar refractivity (Wildman–Crippen MR) is 256 cm³/mol. The zero-order chi connectivity index (χ0) is 39.6. The van der Waals surface area contributed by atoms with Crippen LogP contribution in [0.3, 0.4) is 0 Å². The molecule has 3 nitrogen and oxygen atoms in total. The van der Waals surface area contributed by atoms with Crippen LogP contribution in [0.4, 0.5) is 11.4 Å². The first kappa shape index (κ1) is 32.6. The molecule has 0 spiro atoms. The van der Waals surface area contributed by atoms with Crippen molar-refractivity contribution in [1.82, 2.24) is 8.97 Å². The summed E-state index contributed by atoms with van der Waals surface area (Å²) >= 11 is 0. The lowest BCUT2D eigenvalue weighted by Crippen LogP contribution is -2.60. The molecule has 0 saturated heterocycles. The van der Waals surface area contributed by atoms with E-state index >= 15 is 0 Å². The van der Waals surface area contributed by atoms with Crippen molar-refractivity contribution in [1.29, 1.82) is 0 Å². The zero-order valence-corrected chi connectivity index (χ0v) is 33.7. The minimum absolute atomic E-state index is 0.0224. The number of hydrogen-bond acceptors (Lipinski definition) is 1. The van der Waals surface area contributed by atoms with Gasteiger partial charge in [0.1, 0.15) is 0 Å². The van der Waals surface area contributed by atoms with E-state index < -0.39 is 0 Å². The molecule has 14 rings (SSSR count). The Balaban J connectivity index is 1.24. The third-order valence-corrected chi connectivity index (χ3v) is 13.9. The Hall–Kier alpha value is -7.30. The number of hydrogen-bond donors (Lipinski definition) is 0. The Morgan fingerprint density at radius 3 is 1.87 bits per heavy atom. The highest BCUT2D eigenvalue weighted by atomic mass is 15.1. The van der Waals surface area contributed by atoms with Crippen LogP contribution in [-0.4, -0.2) is 15.8 Å². The van der Waals surface area contributed by atoms with Gasteiger partial charge in [0.15, 0.2) is 0 Å². The minimum atomic E-state index is -0.0983. The van der Waals surface area contributed by atoms with Crippen molar-refractivity contribution in [3.8, 4) is 27.9 Å². The van der Waals surface area contributed by atoms with Crippen molar-refractivity contribution in [3.05, 3.63) is 181 Å². The van der Waals surface area contributed by atoms with Crippen LogP contribution in [0.1, 0.15) is 26.3 Å². The molecule has 0 bridgehead atoms. The largest absolute Gasteiger partial charge is 0.376 e. The molecule has 60 heavy (non-hydrogen) atoms. The number of rotatable bonds is 2. The fourth-order valence-electron chi connectivity index (χ4n) is 11.4. The van der Waals surface area contributed by atoms with E-state index in [4.69, 9.17) is 0 Å². The number of para-hydroxylation sites is 4. The van der Waals surface area contributed by atoms with E-state index in [2.05, 4.69) is 210 Å². The lowest BCUT2D eigenvalue weighted by Gasteiger charge is -2.43. The molecule has 280 valence electrons. The summed E-state index contributed by atoms with van der Waals surface area (Å²) in [5.41, 5.74) is 19.2. The molecular formula is C56H38BN3. The van der Waals surface area contributed by atoms with E-state index in [9.17, 15) is 0 Å². The summed E-state index contributed by atoms with van der Waals surface area (Å²) in [6.07, 6.45) is 0. The highest BCUT2D eigenvalue weighted by Crippen LogP contribution is 2.52. The molecule has 12 aromatic rings. The van der Waals surface area contributed by atoms with Crippen LogP contribution in [0.25, 0.3) is 98.6 Å². The van der Waals surface area contributed by atoms with E-state index in [0.717, 1.165) is 0 Å². The van der Waals surface area contributed by atoms with E-state index in [0.29, 0.717) is 0 Å². The van der Waals surface area contributed by atoms with Crippen LogP contribution in [0.5, 0.6) is 0 Å². The summed E-state index contributed by atoms with van der Waals surface area (Å²) in [6, 6.07) is 66.7. The molecule has 2 aliphatic heterocycles. The van der Waals surface area contributed by atoms with Crippen LogP contribution < -0.4 is 15.7 Å². The molecule has 4 heteroatoms. The van der Waals surface area contributed by atoms with Gasteiger partial charge in [0.2, 0.25) is 0 Å². The highest BCUT2D eigenvalue weighted by Gasteiger charge is 2.46. The van der Waals surface area contributed by atoms with Gasteiger partial charge >= 0.3 is 6.85 Å². The van der Waals surface area contributed by atoms with Crippen molar-refractivity contribution in [2.45, 2.75) is 26.2 Å². The molecule has 0 N–H and O–H groups in total. The summed E-state index contributed by atoms with van der Waals surface area (Å²) in [5.74, 6) is 0. The van der Waals surface area contributed by atoms with E-state index in [1.54, 1.807) is 0 Å². The van der Waals surface area contributed by atoms with Gasteiger partial charge in [0, 0.05) is 60.2 Å². The average Bonchev–Trinajstić information content (AvgIpc) is 3.93. The van der Waals surface area contributed by atoms with Gasteiger partial charge in [-0.05, 0) is 74.8 Å². The van der Waals surface area contributed by atoms with Gasteiger partial charge in [-0.1, -0.05) is 160 Å². The highest BCUT2D eigenvalue weighted by molar-refractivity contribution is 6.94. The Morgan fingerprint density at radius 2 is 1.07 bits per heavy atom. The van der Waals surface area contributed by atoms with Gasteiger partial charge in [-0.2, -0.15) is 0 Å². The first-order valence-electron chi connectivity index (χ1n) is 21.2. The number of aromatic nitrogens is 2. The summed E-state index contributed by atoms with van der Waals surface area (Å²) in [5, 5.41) is 10.3. The van der Waals surface area contributed by atoms with Crippen LogP contribution in [0.15, 0.2) is 176 Å². The molecule has 0 atom stereocenters. The number of fused-ring (bicyclic) bond motifs is 16. The summed E-state index contributed by atoms with van der Waals surface area (Å²) in [6.45, 7) is 6.87. The molecular weight excluding hydrogens is 725 g/mol. The smallest absolute Gasteiger partial charge is 0.333 e.